The summed E-state index contributed by atoms with van der Waals surface area (Å²) < 4.78 is 39.4. The van der Waals surface area contributed by atoms with Gasteiger partial charge in [-0.1, -0.05) is 0 Å². The standard InChI is InChI=1S/C14H19FN2O5S/c1-9-8-12(4-5-13(9)15)23(21,22)17(10(2)14(19)20)7-6-16-11(3)18/h4-5,8,10H,6-7H2,1-3H3,(H,16,18)(H,19,20). The van der Waals surface area contributed by atoms with E-state index in [1.165, 1.54) is 20.8 Å². The number of benzene rings is 1. The maximum Gasteiger partial charge on any atom is 0.321 e. The fourth-order valence-corrected chi connectivity index (χ4v) is 3.57. The van der Waals surface area contributed by atoms with Crippen LogP contribution in [0.15, 0.2) is 23.1 Å². The number of carboxylic acid groups (broad SMARTS) is 1. The Hall–Kier alpha value is -2.00. The highest BCUT2D eigenvalue weighted by Crippen LogP contribution is 2.20. The number of amides is 1. The van der Waals surface area contributed by atoms with Crippen LogP contribution in [0.2, 0.25) is 0 Å². The maximum absolute atomic E-state index is 13.3. The van der Waals surface area contributed by atoms with E-state index in [1.54, 1.807) is 0 Å². The molecule has 9 heteroatoms. The molecule has 1 rings (SSSR count). The molecule has 0 radical (unpaired) electrons. The second-order valence-electron chi connectivity index (χ2n) is 5.02. The number of nitrogens with one attached hydrogen (secondary N) is 1. The van der Waals surface area contributed by atoms with Gasteiger partial charge in [-0.05, 0) is 37.6 Å². The van der Waals surface area contributed by atoms with Crippen LogP contribution >= 0.6 is 0 Å². The van der Waals surface area contributed by atoms with Crippen molar-refractivity contribution in [2.75, 3.05) is 13.1 Å². The first-order valence-corrected chi connectivity index (χ1v) is 8.26. The van der Waals surface area contributed by atoms with Crippen LogP contribution in [0.4, 0.5) is 4.39 Å². The van der Waals surface area contributed by atoms with Gasteiger partial charge in [0.1, 0.15) is 11.9 Å². The Morgan fingerprint density at radius 3 is 2.48 bits per heavy atom. The summed E-state index contributed by atoms with van der Waals surface area (Å²) in [7, 11) is -4.15. The molecule has 128 valence electrons. The Labute approximate surface area is 134 Å². The minimum absolute atomic E-state index is 0.0354. The highest BCUT2D eigenvalue weighted by Gasteiger charge is 2.32. The highest BCUT2D eigenvalue weighted by molar-refractivity contribution is 7.89. The van der Waals surface area contributed by atoms with Crippen molar-refractivity contribution in [3.8, 4) is 0 Å². The minimum atomic E-state index is -4.15. The molecule has 0 saturated carbocycles. The van der Waals surface area contributed by atoms with E-state index in [-0.39, 0.29) is 29.5 Å². The van der Waals surface area contributed by atoms with Gasteiger partial charge in [0.2, 0.25) is 15.9 Å². The highest BCUT2D eigenvalue weighted by atomic mass is 32.2. The Bertz CT molecular complexity index is 705. The topological polar surface area (TPSA) is 104 Å². The number of halogens is 1. The van der Waals surface area contributed by atoms with Gasteiger partial charge in [-0.15, -0.1) is 0 Å². The van der Waals surface area contributed by atoms with Gasteiger partial charge >= 0.3 is 5.97 Å². The van der Waals surface area contributed by atoms with Crippen molar-refractivity contribution in [1.29, 1.82) is 0 Å². The van der Waals surface area contributed by atoms with Crippen molar-refractivity contribution in [1.82, 2.24) is 9.62 Å². The van der Waals surface area contributed by atoms with Crippen molar-refractivity contribution in [3.63, 3.8) is 0 Å². The van der Waals surface area contributed by atoms with Gasteiger partial charge in [-0.2, -0.15) is 4.31 Å². The van der Waals surface area contributed by atoms with Crippen LogP contribution in [0.25, 0.3) is 0 Å². The molecule has 0 saturated heterocycles. The van der Waals surface area contributed by atoms with Gasteiger partial charge in [0.25, 0.3) is 0 Å². The summed E-state index contributed by atoms with van der Waals surface area (Å²) in [6, 6.07) is 1.90. The van der Waals surface area contributed by atoms with E-state index in [0.717, 1.165) is 22.5 Å². The molecule has 0 fully saturated rings. The van der Waals surface area contributed by atoms with Gasteiger partial charge in [0.05, 0.1) is 4.90 Å². The van der Waals surface area contributed by atoms with Gasteiger partial charge < -0.3 is 10.4 Å². The SMILES string of the molecule is CC(=O)NCCN(C(C)C(=O)O)S(=O)(=O)c1ccc(F)c(C)c1. The van der Waals surface area contributed by atoms with Crippen molar-refractivity contribution in [2.45, 2.75) is 31.7 Å². The van der Waals surface area contributed by atoms with Gasteiger partial charge in [-0.3, -0.25) is 9.59 Å². The summed E-state index contributed by atoms with van der Waals surface area (Å²) >= 11 is 0. The summed E-state index contributed by atoms with van der Waals surface area (Å²) in [5.74, 6) is -2.24. The van der Waals surface area contributed by atoms with E-state index in [4.69, 9.17) is 5.11 Å². The molecular formula is C14H19FN2O5S. The molecule has 0 aromatic heterocycles. The number of carbonyl (C=O) groups excluding carboxylic acids is 1. The molecule has 1 aromatic carbocycles. The predicted octanol–water partition coefficient (Wildman–Crippen LogP) is 0.734. The predicted molar refractivity (Wildman–Crippen MR) is 80.8 cm³/mol. The van der Waals surface area contributed by atoms with Gasteiger partial charge in [0.15, 0.2) is 0 Å². The Morgan fingerprint density at radius 2 is 2.00 bits per heavy atom. The van der Waals surface area contributed by atoms with Crippen molar-refractivity contribution in [3.05, 3.63) is 29.6 Å². The molecule has 23 heavy (non-hydrogen) atoms. The molecular weight excluding hydrogens is 327 g/mol. The molecule has 0 spiro atoms. The summed E-state index contributed by atoms with van der Waals surface area (Å²) in [4.78, 5) is 21.9. The number of sulfonamides is 1. The molecule has 7 nitrogen and oxygen atoms in total. The van der Waals surface area contributed by atoms with E-state index in [1.807, 2.05) is 0 Å². The fraction of sp³-hybridized carbons (Fsp3) is 0.429. The second-order valence-corrected chi connectivity index (χ2v) is 6.91. The summed E-state index contributed by atoms with van der Waals surface area (Å²) in [6.45, 7) is 3.65. The van der Waals surface area contributed by atoms with Gasteiger partial charge in [-0.25, -0.2) is 12.8 Å². The number of aryl methyl sites for hydroxylation is 1. The molecule has 1 aromatic rings. The second kappa shape index (κ2) is 7.51. The molecule has 1 atom stereocenters. The lowest BCUT2D eigenvalue weighted by molar-refractivity contribution is -0.140. The molecule has 0 bridgehead atoms. The zero-order valence-corrected chi connectivity index (χ0v) is 13.9. The summed E-state index contributed by atoms with van der Waals surface area (Å²) in [6.07, 6.45) is 0. The van der Waals surface area contributed by atoms with Crippen molar-refractivity contribution < 1.29 is 27.5 Å². The quantitative estimate of drug-likeness (QED) is 0.758. The number of hydrogen-bond donors (Lipinski definition) is 2. The molecule has 0 aliphatic rings. The summed E-state index contributed by atoms with van der Waals surface area (Å²) in [5, 5.41) is 11.5. The normalized spacial score (nSPS) is 12.9. The van der Waals surface area contributed by atoms with Crippen LogP contribution in [0.1, 0.15) is 19.4 Å². The first-order valence-electron chi connectivity index (χ1n) is 6.82. The monoisotopic (exact) mass is 346 g/mol. The average molecular weight is 346 g/mol. The number of rotatable bonds is 7. The molecule has 2 N–H and O–H groups in total. The smallest absolute Gasteiger partial charge is 0.321 e. The van der Waals surface area contributed by atoms with E-state index in [9.17, 15) is 22.4 Å². The number of aliphatic carboxylic acids is 1. The lowest BCUT2D eigenvalue weighted by Crippen LogP contribution is -2.46. The third kappa shape index (κ3) is 4.73. The molecule has 0 heterocycles. The zero-order chi connectivity index (χ0) is 17.8. The number of nitrogens with zero attached hydrogens (tertiary/aromatic N) is 1. The van der Waals surface area contributed by atoms with Crippen LogP contribution in [0.5, 0.6) is 0 Å². The Morgan fingerprint density at radius 1 is 1.39 bits per heavy atom. The third-order valence-corrected chi connectivity index (χ3v) is 5.20. The van der Waals surface area contributed by atoms with E-state index < -0.39 is 27.9 Å². The Kier molecular flexibility index (Phi) is 6.22. The maximum atomic E-state index is 13.3. The third-order valence-electron chi connectivity index (χ3n) is 3.23. The zero-order valence-electron chi connectivity index (χ0n) is 13.0. The van der Waals surface area contributed by atoms with Crippen molar-refractivity contribution in [2.24, 2.45) is 0 Å². The molecule has 0 aliphatic heterocycles. The number of carbonyl (C=O) groups is 2. The summed E-state index contributed by atoms with van der Waals surface area (Å²) in [5.41, 5.74) is 0.135. The lowest BCUT2D eigenvalue weighted by atomic mass is 10.2. The molecule has 0 aliphatic carbocycles. The van der Waals surface area contributed by atoms with E-state index in [0.29, 0.717) is 0 Å². The first-order chi connectivity index (χ1) is 10.6. The number of carboxylic acids is 1. The van der Waals surface area contributed by atoms with Crippen LogP contribution in [0.3, 0.4) is 0 Å². The average Bonchev–Trinajstić information content (AvgIpc) is 2.45. The largest absolute Gasteiger partial charge is 0.480 e. The van der Waals surface area contributed by atoms with E-state index in [2.05, 4.69) is 5.32 Å². The fourth-order valence-electron chi connectivity index (χ4n) is 1.90. The molecule has 1 unspecified atom stereocenters. The molecule has 1 amide bonds. The van der Waals surface area contributed by atoms with Gasteiger partial charge in [0, 0.05) is 20.0 Å². The first kappa shape index (κ1) is 19.0. The lowest BCUT2D eigenvalue weighted by Gasteiger charge is -2.26. The van der Waals surface area contributed by atoms with Crippen molar-refractivity contribution >= 4 is 21.9 Å². The minimum Gasteiger partial charge on any atom is -0.480 e. The van der Waals surface area contributed by atoms with Crippen LogP contribution in [-0.4, -0.2) is 48.8 Å². The van der Waals surface area contributed by atoms with Crippen LogP contribution in [0, 0.1) is 12.7 Å². The Balaban J connectivity index is 3.18. The van der Waals surface area contributed by atoms with Crippen LogP contribution < -0.4 is 5.32 Å². The van der Waals surface area contributed by atoms with Crippen LogP contribution in [-0.2, 0) is 19.6 Å². The number of hydrogen-bond acceptors (Lipinski definition) is 4. The van der Waals surface area contributed by atoms with E-state index >= 15 is 0 Å².